The molecule has 0 saturated carbocycles. The number of allylic oxidation sites excluding steroid dienone is 6. The Hall–Kier alpha value is -2.18. The van der Waals surface area contributed by atoms with Crippen LogP contribution in [0.15, 0.2) is 69.2 Å². The van der Waals surface area contributed by atoms with Crippen molar-refractivity contribution < 1.29 is 24.2 Å². The summed E-state index contributed by atoms with van der Waals surface area (Å²) in [5.41, 5.74) is 0.384. The van der Waals surface area contributed by atoms with Crippen LogP contribution in [0.5, 0.6) is 0 Å². The second kappa shape index (κ2) is 9.55. The number of Topliss-reactive ketones (excluding diaryl/α,β-unsaturated/α-hetero) is 1. The Bertz CT molecular complexity index is 881. The third-order valence-corrected chi connectivity index (χ3v) is 5.62. The van der Waals surface area contributed by atoms with Gasteiger partial charge in [0.1, 0.15) is 5.76 Å². The lowest BCUT2D eigenvalue weighted by Gasteiger charge is -2.33. The van der Waals surface area contributed by atoms with Gasteiger partial charge < -0.3 is 14.6 Å². The maximum Gasteiger partial charge on any atom is 0.331 e. The van der Waals surface area contributed by atoms with E-state index in [1.807, 2.05) is 19.1 Å². The average Bonchev–Trinajstić information content (AvgIpc) is 2.68. The van der Waals surface area contributed by atoms with Gasteiger partial charge in [-0.2, -0.15) is 0 Å². The first kappa shape index (κ1) is 23.1. The molecular formula is C23H27BrO5. The number of aliphatic hydroxyl groups is 1. The lowest BCUT2D eigenvalue weighted by atomic mass is 9.77. The predicted octanol–water partition coefficient (Wildman–Crippen LogP) is 4.81. The van der Waals surface area contributed by atoms with Gasteiger partial charge in [0.2, 0.25) is 5.78 Å². The van der Waals surface area contributed by atoms with Gasteiger partial charge in [0, 0.05) is 22.8 Å². The van der Waals surface area contributed by atoms with Crippen LogP contribution in [0.25, 0.3) is 0 Å². The lowest BCUT2D eigenvalue weighted by molar-refractivity contribution is -0.137. The molecule has 2 atom stereocenters. The number of halogens is 1. The lowest BCUT2D eigenvalue weighted by Crippen LogP contribution is -2.42. The molecule has 5 nitrogen and oxygen atoms in total. The summed E-state index contributed by atoms with van der Waals surface area (Å²) in [5, 5.41) is 10.8. The number of carbonyl (C=O) groups excluding carboxylic acids is 2. The normalized spacial score (nSPS) is 24.9. The molecule has 0 bridgehead atoms. The van der Waals surface area contributed by atoms with Crippen molar-refractivity contribution in [1.29, 1.82) is 0 Å². The number of ketones is 1. The summed E-state index contributed by atoms with van der Waals surface area (Å²) in [7, 11) is 0. The van der Waals surface area contributed by atoms with Crippen molar-refractivity contribution in [3.8, 4) is 0 Å². The topological polar surface area (TPSA) is 72.8 Å². The van der Waals surface area contributed by atoms with Crippen LogP contribution in [0.3, 0.4) is 0 Å². The minimum absolute atomic E-state index is 0.145. The minimum atomic E-state index is -1.87. The Balaban J connectivity index is 2.42. The molecule has 1 heterocycles. The molecule has 1 aliphatic heterocycles. The number of hydrogen-bond acceptors (Lipinski definition) is 5. The summed E-state index contributed by atoms with van der Waals surface area (Å²) in [6, 6.07) is 0. The molecule has 0 fully saturated rings. The van der Waals surface area contributed by atoms with E-state index in [4.69, 9.17) is 9.47 Å². The van der Waals surface area contributed by atoms with Crippen molar-refractivity contribution in [1.82, 2.24) is 0 Å². The van der Waals surface area contributed by atoms with Crippen molar-refractivity contribution >= 4 is 27.7 Å². The molecule has 0 spiro atoms. The van der Waals surface area contributed by atoms with Crippen molar-refractivity contribution in [2.24, 2.45) is 5.92 Å². The molecule has 0 amide bonds. The van der Waals surface area contributed by atoms with Gasteiger partial charge in [-0.05, 0) is 54.8 Å². The summed E-state index contributed by atoms with van der Waals surface area (Å²) >= 11 is 3.30. The molecule has 1 N–H and O–H groups in total. The van der Waals surface area contributed by atoms with Crippen LogP contribution in [0, 0.1) is 5.92 Å². The van der Waals surface area contributed by atoms with Gasteiger partial charge in [0.05, 0.1) is 17.4 Å². The molecule has 0 aromatic rings. The van der Waals surface area contributed by atoms with Crippen molar-refractivity contribution in [3.05, 3.63) is 69.2 Å². The highest BCUT2D eigenvalue weighted by Crippen LogP contribution is 2.43. The summed E-state index contributed by atoms with van der Waals surface area (Å²) in [5.74, 6) is -0.135. The van der Waals surface area contributed by atoms with Gasteiger partial charge >= 0.3 is 5.97 Å². The fraction of sp³-hybridized carbons (Fsp3) is 0.391. The van der Waals surface area contributed by atoms with Crippen molar-refractivity contribution in [2.45, 2.75) is 46.6 Å². The van der Waals surface area contributed by atoms with Crippen LogP contribution in [0.1, 0.15) is 41.0 Å². The largest absolute Gasteiger partial charge is 0.464 e. The van der Waals surface area contributed by atoms with Crippen LogP contribution in [-0.2, 0) is 19.1 Å². The molecular weight excluding hydrogens is 436 g/mol. The Morgan fingerprint density at radius 2 is 2.10 bits per heavy atom. The van der Waals surface area contributed by atoms with Crippen molar-refractivity contribution in [2.75, 3.05) is 6.61 Å². The fourth-order valence-corrected chi connectivity index (χ4v) is 3.71. The second-order valence-electron chi connectivity index (χ2n) is 7.26. The first-order valence-electron chi connectivity index (χ1n) is 9.63. The zero-order chi connectivity index (χ0) is 21.8. The fourth-order valence-electron chi connectivity index (χ4n) is 3.00. The third kappa shape index (κ3) is 5.25. The van der Waals surface area contributed by atoms with Gasteiger partial charge in [0.25, 0.3) is 0 Å². The van der Waals surface area contributed by atoms with E-state index < -0.39 is 17.4 Å². The highest BCUT2D eigenvalue weighted by molar-refractivity contribution is 9.12. The molecule has 0 radical (unpaired) electrons. The van der Waals surface area contributed by atoms with Crippen LogP contribution in [0.2, 0.25) is 0 Å². The van der Waals surface area contributed by atoms with E-state index in [9.17, 15) is 14.7 Å². The number of esters is 1. The SMILES string of the molecule is CCOC(=O)/C=C1/C2=COC(/C=C/C(C)=C/[C@@H](C)CC)=CC2=C(Br)C(=O)C1(C)O. The number of carbonyl (C=O) groups is 2. The summed E-state index contributed by atoms with van der Waals surface area (Å²) in [6.45, 7) is 9.54. The van der Waals surface area contributed by atoms with Crippen molar-refractivity contribution in [3.63, 3.8) is 0 Å². The molecule has 0 aromatic carbocycles. The molecule has 29 heavy (non-hydrogen) atoms. The van der Waals surface area contributed by atoms with Crippen LogP contribution < -0.4 is 0 Å². The number of ether oxygens (including phenoxy) is 2. The summed E-state index contributed by atoms with van der Waals surface area (Å²) < 4.78 is 10.9. The summed E-state index contributed by atoms with van der Waals surface area (Å²) in [4.78, 5) is 24.7. The zero-order valence-electron chi connectivity index (χ0n) is 17.4. The molecule has 6 heteroatoms. The van der Waals surface area contributed by atoms with E-state index in [1.165, 1.54) is 13.2 Å². The monoisotopic (exact) mass is 462 g/mol. The predicted molar refractivity (Wildman–Crippen MR) is 116 cm³/mol. The van der Waals surface area contributed by atoms with Gasteiger partial charge in [-0.25, -0.2) is 4.79 Å². The summed E-state index contributed by atoms with van der Waals surface area (Å²) in [6.07, 6.45) is 11.3. The number of hydrogen-bond donors (Lipinski definition) is 1. The average molecular weight is 463 g/mol. The molecule has 2 rings (SSSR count). The molecule has 0 aromatic heterocycles. The van der Waals surface area contributed by atoms with Gasteiger partial charge in [-0.15, -0.1) is 0 Å². The molecule has 0 saturated heterocycles. The maximum absolute atomic E-state index is 12.7. The molecule has 1 aliphatic carbocycles. The molecule has 2 aliphatic rings. The molecule has 156 valence electrons. The van der Waals surface area contributed by atoms with E-state index in [0.717, 1.165) is 18.1 Å². The van der Waals surface area contributed by atoms with E-state index in [2.05, 4.69) is 35.9 Å². The van der Waals surface area contributed by atoms with Crippen LogP contribution >= 0.6 is 15.9 Å². The Kier molecular flexibility index (Phi) is 7.60. The number of rotatable bonds is 6. The molecule has 1 unspecified atom stereocenters. The first-order valence-corrected chi connectivity index (χ1v) is 10.4. The van der Waals surface area contributed by atoms with E-state index in [1.54, 1.807) is 13.0 Å². The third-order valence-electron chi connectivity index (χ3n) is 4.83. The smallest absolute Gasteiger partial charge is 0.331 e. The van der Waals surface area contributed by atoms with Gasteiger partial charge in [-0.1, -0.05) is 38.0 Å². The van der Waals surface area contributed by atoms with Crippen LogP contribution in [-0.4, -0.2) is 29.1 Å². The second-order valence-corrected chi connectivity index (χ2v) is 8.06. The Labute approximate surface area is 180 Å². The Morgan fingerprint density at radius 1 is 1.41 bits per heavy atom. The van der Waals surface area contributed by atoms with E-state index in [-0.39, 0.29) is 16.7 Å². The zero-order valence-corrected chi connectivity index (χ0v) is 19.0. The van der Waals surface area contributed by atoms with E-state index in [0.29, 0.717) is 22.8 Å². The van der Waals surface area contributed by atoms with Gasteiger partial charge in [0.15, 0.2) is 5.60 Å². The Morgan fingerprint density at radius 3 is 2.72 bits per heavy atom. The van der Waals surface area contributed by atoms with E-state index >= 15 is 0 Å². The quantitative estimate of drug-likeness (QED) is 0.348. The number of fused-ring (bicyclic) bond motifs is 1. The minimum Gasteiger partial charge on any atom is -0.464 e. The highest BCUT2D eigenvalue weighted by atomic mass is 79.9. The first-order chi connectivity index (χ1) is 13.6. The van der Waals surface area contributed by atoms with Crippen LogP contribution in [0.4, 0.5) is 0 Å². The maximum atomic E-state index is 12.7. The van der Waals surface area contributed by atoms with Gasteiger partial charge in [-0.3, -0.25) is 4.79 Å². The standard InChI is InChI=1S/C23H27BrO5/c1-6-14(3)10-15(4)8-9-16-11-17-18(13-29-16)19(12-20(25)28-7-2)23(5,27)22(26)21(17)24/h8-14,27H,6-7H2,1-5H3/b9-8+,15-10+,19-12-/t14-,23?/m0/s1. The highest BCUT2D eigenvalue weighted by Gasteiger charge is 2.45.